The van der Waals surface area contributed by atoms with Crippen LogP contribution in [0.2, 0.25) is 0 Å². The minimum atomic E-state index is -0.0952. The molecule has 0 bridgehead atoms. The molecular weight excluding hydrogens is 342 g/mol. The molecule has 0 unspecified atom stereocenters. The Morgan fingerprint density at radius 3 is 2.81 bits per heavy atom. The molecule has 1 aliphatic heterocycles. The lowest BCUT2D eigenvalue weighted by atomic mass is 9.64. The van der Waals surface area contributed by atoms with Crippen LogP contribution in [0.25, 0.3) is 0 Å². The van der Waals surface area contributed by atoms with Gasteiger partial charge in [-0.25, -0.2) is 0 Å². The SMILES string of the molecule is C=C[C@]1(Cn2cc(CO)nn2)CC[C@@H](CNCC(=O)N2CCCC2)C1(C)C. The summed E-state index contributed by atoms with van der Waals surface area (Å²) in [6.07, 6.45) is 8.26. The minimum absolute atomic E-state index is 0.0176. The number of carbonyl (C=O) groups excluding carboxylic acids is 1. The number of aromatic nitrogens is 3. The van der Waals surface area contributed by atoms with Gasteiger partial charge in [-0.2, -0.15) is 0 Å². The van der Waals surface area contributed by atoms with Crippen molar-refractivity contribution in [3.05, 3.63) is 24.5 Å². The second-order valence-corrected chi connectivity index (χ2v) is 8.60. The molecule has 1 saturated carbocycles. The summed E-state index contributed by atoms with van der Waals surface area (Å²) in [6.45, 7) is 12.4. The summed E-state index contributed by atoms with van der Waals surface area (Å²) in [5.41, 5.74) is 0.520. The van der Waals surface area contributed by atoms with Crippen LogP contribution < -0.4 is 5.32 Å². The molecule has 1 saturated heterocycles. The molecule has 1 aliphatic carbocycles. The van der Waals surface area contributed by atoms with Crippen LogP contribution in [0.4, 0.5) is 0 Å². The highest BCUT2D eigenvalue weighted by molar-refractivity contribution is 5.78. The van der Waals surface area contributed by atoms with E-state index in [0.29, 0.717) is 24.7 Å². The summed E-state index contributed by atoms with van der Waals surface area (Å²) in [4.78, 5) is 14.2. The van der Waals surface area contributed by atoms with E-state index in [1.54, 1.807) is 0 Å². The maximum absolute atomic E-state index is 12.2. The molecule has 2 fully saturated rings. The van der Waals surface area contributed by atoms with Crippen molar-refractivity contribution in [2.75, 3.05) is 26.2 Å². The third kappa shape index (κ3) is 3.94. The number of hydrogen-bond donors (Lipinski definition) is 2. The number of carbonyl (C=O) groups is 1. The first-order valence-corrected chi connectivity index (χ1v) is 10.0. The first-order chi connectivity index (χ1) is 12.9. The topological polar surface area (TPSA) is 83.3 Å². The predicted molar refractivity (Wildman–Crippen MR) is 104 cm³/mol. The quantitative estimate of drug-likeness (QED) is 0.674. The molecule has 2 heterocycles. The lowest BCUT2D eigenvalue weighted by molar-refractivity contribution is -0.129. The van der Waals surface area contributed by atoms with Crippen LogP contribution in [0, 0.1) is 16.7 Å². The van der Waals surface area contributed by atoms with Gasteiger partial charge in [0.25, 0.3) is 0 Å². The van der Waals surface area contributed by atoms with Gasteiger partial charge in [-0.15, -0.1) is 11.7 Å². The molecule has 0 aromatic carbocycles. The van der Waals surface area contributed by atoms with Crippen LogP contribution in [-0.4, -0.2) is 57.1 Å². The number of likely N-dealkylation sites (tertiary alicyclic amines) is 1. The van der Waals surface area contributed by atoms with Crippen molar-refractivity contribution in [3.63, 3.8) is 0 Å². The van der Waals surface area contributed by atoms with Gasteiger partial charge in [-0.3, -0.25) is 9.48 Å². The Balaban J connectivity index is 1.59. The highest BCUT2D eigenvalue weighted by Gasteiger charge is 2.52. The number of amides is 1. The van der Waals surface area contributed by atoms with E-state index in [1.165, 1.54) is 0 Å². The van der Waals surface area contributed by atoms with Gasteiger partial charge in [-0.1, -0.05) is 25.1 Å². The fourth-order valence-corrected chi connectivity index (χ4v) is 4.80. The van der Waals surface area contributed by atoms with Crippen molar-refractivity contribution in [3.8, 4) is 0 Å². The predicted octanol–water partition coefficient (Wildman–Crippen LogP) is 1.59. The zero-order valence-corrected chi connectivity index (χ0v) is 16.7. The first kappa shape index (κ1) is 20.0. The van der Waals surface area contributed by atoms with E-state index in [9.17, 15) is 9.90 Å². The second-order valence-electron chi connectivity index (χ2n) is 8.60. The Hall–Kier alpha value is -1.73. The molecule has 3 rings (SSSR count). The molecule has 2 atom stereocenters. The van der Waals surface area contributed by atoms with E-state index in [0.717, 1.165) is 45.3 Å². The number of nitrogens with zero attached hydrogens (tertiary/aromatic N) is 4. The van der Waals surface area contributed by atoms with E-state index in [4.69, 9.17) is 0 Å². The smallest absolute Gasteiger partial charge is 0.236 e. The van der Waals surface area contributed by atoms with E-state index in [2.05, 4.69) is 42.1 Å². The van der Waals surface area contributed by atoms with Crippen LogP contribution in [0.1, 0.15) is 45.2 Å². The van der Waals surface area contributed by atoms with E-state index >= 15 is 0 Å². The maximum Gasteiger partial charge on any atom is 0.236 e. The molecule has 0 radical (unpaired) electrons. The number of aliphatic hydroxyl groups excluding tert-OH is 1. The molecule has 150 valence electrons. The fourth-order valence-electron chi connectivity index (χ4n) is 4.80. The van der Waals surface area contributed by atoms with Crippen molar-refractivity contribution < 1.29 is 9.90 Å². The van der Waals surface area contributed by atoms with Crippen molar-refractivity contribution in [2.24, 2.45) is 16.7 Å². The number of aliphatic hydroxyl groups is 1. The molecule has 2 aliphatic rings. The third-order valence-corrected chi connectivity index (χ3v) is 6.95. The first-order valence-electron chi connectivity index (χ1n) is 10.0. The lowest BCUT2D eigenvalue weighted by Gasteiger charge is -2.42. The third-order valence-electron chi connectivity index (χ3n) is 6.95. The highest BCUT2D eigenvalue weighted by atomic mass is 16.3. The van der Waals surface area contributed by atoms with Crippen LogP contribution in [0.15, 0.2) is 18.9 Å². The van der Waals surface area contributed by atoms with Gasteiger partial charge < -0.3 is 15.3 Å². The molecular formula is C20H33N5O2. The van der Waals surface area contributed by atoms with E-state index in [1.807, 2.05) is 15.8 Å². The summed E-state index contributed by atoms with van der Waals surface area (Å²) in [6, 6.07) is 0. The molecule has 2 N–H and O–H groups in total. The van der Waals surface area contributed by atoms with Gasteiger partial charge in [0.1, 0.15) is 5.69 Å². The number of rotatable bonds is 8. The average Bonchev–Trinajstić information content (AvgIpc) is 3.38. The van der Waals surface area contributed by atoms with Crippen LogP contribution in [-0.2, 0) is 17.9 Å². The highest BCUT2D eigenvalue weighted by Crippen LogP contribution is 2.57. The Morgan fingerprint density at radius 2 is 2.19 bits per heavy atom. The second kappa shape index (κ2) is 8.10. The molecule has 1 aromatic rings. The van der Waals surface area contributed by atoms with Gasteiger partial charge in [0.05, 0.1) is 25.9 Å². The monoisotopic (exact) mass is 375 g/mol. The molecule has 7 nitrogen and oxygen atoms in total. The van der Waals surface area contributed by atoms with Crippen molar-refractivity contribution >= 4 is 5.91 Å². The van der Waals surface area contributed by atoms with Crippen molar-refractivity contribution in [1.29, 1.82) is 0 Å². The maximum atomic E-state index is 12.2. The number of hydrogen-bond acceptors (Lipinski definition) is 5. The molecule has 1 amide bonds. The summed E-state index contributed by atoms with van der Waals surface area (Å²) in [5.74, 6) is 0.681. The number of allylic oxidation sites excluding steroid dienone is 1. The summed E-state index contributed by atoms with van der Waals surface area (Å²) in [7, 11) is 0. The fraction of sp³-hybridized carbons (Fsp3) is 0.750. The van der Waals surface area contributed by atoms with Crippen molar-refractivity contribution in [1.82, 2.24) is 25.2 Å². The molecule has 1 aromatic heterocycles. The standard InChI is InChI=1S/C20H33N5O2/c1-4-20(15-25-13-17(14-26)22-23-25)8-7-16(19(20,2)3)11-21-12-18(27)24-9-5-6-10-24/h4,13,16,21,26H,1,5-12,14-15H2,2-3H3/t16-,20+/m0/s1. The Bertz CT molecular complexity index is 665. The zero-order valence-electron chi connectivity index (χ0n) is 16.7. The van der Waals surface area contributed by atoms with Gasteiger partial charge >= 0.3 is 0 Å². The largest absolute Gasteiger partial charge is 0.390 e. The average molecular weight is 376 g/mol. The Kier molecular flexibility index (Phi) is 6.01. The molecule has 27 heavy (non-hydrogen) atoms. The Labute approximate surface area is 161 Å². The molecule has 0 spiro atoms. The van der Waals surface area contributed by atoms with Crippen LogP contribution in [0.3, 0.4) is 0 Å². The van der Waals surface area contributed by atoms with Crippen LogP contribution >= 0.6 is 0 Å². The van der Waals surface area contributed by atoms with Crippen LogP contribution in [0.5, 0.6) is 0 Å². The summed E-state index contributed by atoms with van der Waals surface area (Å²) in [5, 5.41) is 20.8. The van der Waals surface area contributed by atoms with Gasteiger partial charge in [-0.05, 0) is 43.6 Å². The van der Waals surface area contributed by atoms with Gasteiger partial charge in [0.2, 0.25) is 5.91 Å². The summed E-state index contributed by atoms with van der Waals surface area (Å²) >= 11 is 0. The lowest BCUT2D eigenvalue weighted by Crippen LogP contribution is -2.43. The normalized spacial score (nSPS) is 27.2. The Morgan fingerprint density at radius 1 is 1.44 bits per heavy atom. The zero-order chi connectivity index (χ0) is 19.5. The minimum Gasteiger partial charge on any atom is -0.390 e. The summed E-state index contributed by atoms with van der Waals surface area (Å²) < 4.78 is 1.82. The number of nitrogens with one attached hydrogen (secondary N) is 1. The van der Waals surface area contributed by atoms with E-state index < -0.39 is 0 Å². The van der Waals surface area contributed by atoms with E-state index in [-0.39, 0.29) is 23.3 Å². The van der Waals surface area contributed by atoms with Crippen molar-refractivity contribution in [2.45, 2.75) is 52.7 Å². The van der Waals surface area contributed by atoms with Gasteiger partial charge in [0, 0.05) is 18.5 Å². The van der Waals surface area contributed by atoms with Gasteiger partial charge in [0.15, 0.2) is 0 Å². The molecule has 7 heteroatoms.